The molecule has 0 aliphatic heterocycles. The molecule has 0 unspecified atom stereocenters. The van der Waals surface area contributed by atoms with E-state index >= 15 is 0 Å². The van der Waals surface area contributed by atoms with Gasteiger partial charge in [0.05, 0.1) is 12.6 Å². The minimum absolute atomic E-state index is 0.0694. The maximum Gasteiger partial charge on any atom is 0.235 e. The van der Waals surface area contributed by atoms with Gasteiger partial charge in [0.15, 0.2) is 0 Å². The van der Waals surface area contributed by atoms with Crippen LogP contribution in [0.4, 0.5) is 0 Å². The van der Waals surface area contributed by atoms with E-state index in [0.29, 0.717) is 12.0 Å². The molecule has 0 bridgehead atoms. The maximum absolute atomic E-state index is 12.2. The summed E-state index contributed by atoms with van der Waals surface area (Å²) in [6.45, 7) is 5.93. The molecule has 2 N–H and O–H groups in total. The first-order valence-electron chi connectivity index (χ1n) is 8.47. The minimum Gasteiger partial charge on any atom is -0.337 e. The van der Waals surface area contributed by atoms with Crippen molar-refractivity contribution in [1.29, 1.82) is 5.26 Å². The Morgan fingerprint density at radius 3 is 2.65 bits per heavy atom. The van der Waals surface area contributed by atoms with E-state index in [1.807, 2.05) is 19.9 Å². The lowest BCUT2D eigenvalue weighted by Crippen LogP contribution is -2.52. The van der Waals surface area contributed by atoms with Crippen LogP contribution in [0.5, 0.6) is 0 Å². The summed E-state index contributed by atoms with van der Waals surface area (Å²) in [7, 11) is 0. The van der Waals surface area contributed by atoms with Crippen molar-refractivity contribution in [3.8, 4) is 6.07 Å². The summed E-state index contributed by atoms with van der Waals surface area (Å²) in [6, 6.07) is 13.0. The van der Waals surface area contributed by atoms with Crippen LogP contribution in [0.2, 0.25) is 0 Å². The van der Waals surface area contributed by atoms with Gasteiger partial charge in [-0.15, -0.1) is 0 Å². The second-order valence-electron chi connectivity index (χ2n) is 6.95. The van der Waals surface area contributed by atoms with Gasteiger partial charge < -0.3 is 10.6 Å². The molecule has 1 aliphatic carbocycles. The monoisotopic (exact) mass is 313 g/mol. The fourth-order valence-corrected chi connectivity index (χ4v) is 3.16. The highest BCUT2D eigenvalue weighted by Gasteiger charge is 2.31. The van der Waals surface area contributed by atoms with Crippen LogP contribution in [0.3, 0.4) is 0 Å². The molecule has 0 radical (unpaired) electrons. The number of nitriles is 1. The Morgan fingerprint density at radius 1 is 1.35 bits per heavy atom. The van der Waals surface area contributed by atoms with Gasteiger partial charge in [0.2, 0.25) is 5.91 Å². The molecule has 1 aliphatic rings. The SMILES string of the molecule is CC(C)[C@](C)(C#N)NC(=O)CN[C@H]1CCC[C@@H]1c1ccccc1. The normalized spacial score (nSPS) is 23.3. The Hall–Kier alpha value is -1.86. The third-order valence-electron chi connectivity index (χ3n) is 5.05. The molecule has 1 fully saturated rings. The number of nitrogens with one attached hydrogen (secondary N) is 2. The summed E-state index contributed by atoms with van der Waals surface area (Å²) < 4.78 is 0. The first-order valence-corrected chi connectivity index (χ1v) is 8.47. The third kappa shape index (κ3) is 4.33. The summed E-state index contributed by atoms with van der Waals surface area (Å²) >= 11 is 0. The number of hydrogen-bond donors (Lipinski definition) is 2. The number of carbonyl (C=O) groups excluding carboxylic acids is 1. The van der Waals surface area contributed by atoms with Gasteiger partial charge in [-0.3, -0.25) is 4.79 Å². The van der Waals surface area contributed by atoms with E-state index in [0.717, 1.165) is 12.8 Å². The van der Waals surface area contributed by atoms with Crippen LogP contribution in [-0.2, 0) is 4.79 Å². The van der Waals surface area contributed by atoms with E-state index in [4.69, 9.17) is 0 Å². The number of hydrogen-bond acceptors (Lipinski definition) is 3. The molecular formula is C19H27N3O. The molecule has 1 saturated carbocycles. The molecule has 4 nitrogen and oxygen atoms in total. The highest BCUT2D eigenvalue weighted by atomic mass is 16.2. The zero-order valence-corrected chi connectivity index (χ0v) is 14.3. The Morgan fingerprint density at radius 2 is 2.04 bits per heavy atom. The van der Waals surface area contributed by atoms with Gasteiger partial charge in [0.1, 0.15) is 5.54 Å². The van der Waals surface area contributed by atoms with Crippen molar-refractivity contribution in [2.75, 3.05) is 6.54 Å². The molecule has 0 aromatic heterocycles. The number of amides is 1. The van der Waals surface area contributed by atoms with Crippen molar-refractivity contribution in [1.82, 2.24) is 10.6 Å². The fourth-order valence-electron chi connectivity index (χ4n) is 3.16. The van der Waals surface area contributed by atoms with Gasteiger partial charge in [-0.25, -0.2) is 0 Å². The summed E-state index contributed by atoms with van der Waals surface area (Å²) in [6.07, 6.45) is 3.43. The van der Waals surface area contributed by atoms with E-state index in [1.54, 1.807) is 6.92 Å². The quantitative estimate of drug-likeness (QED) is 0.848. The average molecular weight is 313 g/mol. The minimum atomic E-state index is -0.812. The van der Waals surface area contributed by atoms with Gasteiger partial charge >= 0.3 is 0 Å². The fraction of sp³-hybridized carbons (Fsp3) is 0.579. The molecule has 3 atom stereocenters. The highest BCUT2D eigenvalue weighted by molar-refractivity contribution is 5.79. The molecule has 0 spiro atoms. The second kappa shape index (κ2) is 7.61. The Balaban J connectivity index is 1.90. The van der Waals surface area contributed by atoms with E-state index < -0.39 is 5.54 Å². The number of carbonyl (C=O) groups is 1. The van der Waals surface area contributed by atoms with E-state index in [2.05, 4.69) is 41.0 Å². The zero-order chi connectivity index (χ0) is 16.9. The number of nitrogens with zero attached hydrogens (tertiary/aromatic N) is 1. The first-order chi connectivity index (χ1) is 11.0. The van der Waals surface area contributed by atoms with Crippen LogP contribution in [0, 0.1) is 17.2 Å². The third-order valence-corrected chi connectivity index (χ3v) is 5.05. The highest BCUT2D eigenvalue weighted by Crippen LogP contribution is 2.34. The van der Waals surface area contributed by atoms with Gasteiger partial charge in [0.25, 0.3) is 0 Å². The molecule has 1 amide bonds. The van der Waals surface area contributed by atoms with Gasteiger partial charge in [-0.05, 0) is 37.2 Å². The van der Waals surface area contributed by atoms with Crippen molar-refractivity contribution in [2.45, 2.75) is 57.5 Å². The summed E-state index contributed by atoms with van der Waals surface area (Å²) in [4.78, 5) is 12.2. The van der Waals surface area contributed by atoms with Gasteiger partial charge in [-0.2, -0.15) is 5.26 Å². The van der Waals surface area contributed by atoms with Crippen molar-refractivity contribution < 1.29 is 4.79 Å². The van der Waals surface area contributed by atoms with Crippen LogP contribution in [0.1, 0.15) is 51.5 Å². The van der Waals surface area contributed by atoms with Gasteiger partial charge in [0, 0.05) is 6.04 Å². The second-order valence-corrected chi connectivity index (χ2v) is 6.95. The molecule has 2 rings (SSSR count). The lowest BCUT2D eigenvalue weighted by atomic mass is 9.90. The van der Waals surface area contributed by atoms with Crippen LogP contribution in [0.15, 0.2) is 30.3 Å². The predicted molar refractivity (Wildman–Crippen MR) is 91.8 cm³/mol. The van der Waals surface area contributed by atoms with Crippen LogP contribution >= 0.6 is 0 Å². The van der Waals surface area contributed by atoms with Crippen molar-refractivity contribution in [3.63, 3.8) is 0 Å². The topological polar surface area (TPSA) is 64.9 Å². The van der Waals surface area contributed by atoms with Gasteiger partial charge in [-0.1, -0.05) is 50.6 Å². The molecule has 4 heteroatoms. The molecule has 0 heterocycles. The maximum atomic E-state index is 12.2. The Bertz CT molecular complexity index is 564. The van der Waals surface area contributed by atoms with E-state index in [1.165, 1.54) is 12.0 Å². The molecule has 0 saturated heterocycles. The first kappa shape index (κ1) is 17.5. The number of benzene rings is 1. The molecule has 23 heavy (non-hydrogen) atoms. The lowest BCUT2D eigenvalue weighted by Gasteiger charge is -2.28. The average Bonchev–Trinajstić information content (AvgIpc) is 3.02. The summed E-state index contributed by atoms with van der Waals surface area (Å²) in [5.41, 5.74) is 0.528. The van der Waals surface area contributed by atoms with Crippen LogP contribution < -0.4 is 10.6 Å². The standard InChI is InChI=1S/C19H27N3O/c1-14(2)19(3,13-20)22-18(23)12-21-17-11-7-10-16(17)15-8-5-4-6-9-15/h4-6,8-9,14,16-17,21H,7,10-12H2,1-3H3,(H,22,23)/t16-,17+,19+/m1/s1. The number of rotatable bonds is 6. The predicted octanol–water partition coefficient (Wildman–Crippen LogP) is 2.97. The lowest BCUT2D eigenvalue weighted by molar-refractivity contribution is -0.122. The largest absolute Gasteiger partial charge is 0.337 e. The summed E-state index contributed by atoms with van der Waals surface area (Å²) in [5.74, 6) is 0.429. The van der Waals surface area contributed by atoms with Crippen molar-refractivity contribution in [3.05, 3.63) is 35.9 Å². The van der Waals surface area contributed by atoms with Crippen molar-refractivity contribution in [2.24, 2.45) is 5.92 Å². The molecule has 1 aromatic rings. The molecule has 1 aromatic carbocycles. The Kier molecular flexibility index (Phi) is 5.79. The van der Waals surface area contributed by atoms with Crippen molar-refractivity contribution >= 4 is 5.91 Å². The molecular weight excluding hydrogens is 286 g/mol. The van der Waals surface area contributed by atoms with E-state index in [-0.39, 0.29) is 18.4 Å². The smallest absolute Gasteiger partial charge is 0.235 e. The van der Waals surface area contributed by atoms with Crippen LogP contribution in [-0.4, -0.2) is 24.0 Å². The zero-order valence-electron chi connectivity index (χ0n) is 14.3. The van der Waals surface area contributed by atoms with E-state index in [9.17, 15) is 10.1 Å². The molecule has 124 valence electrons. The summed E-state index contributed by atoms with van der Waals surface area (Å²) in [5, 5.41) is 15.5. The Labute approximate surface area is 139 Å². The van der Waals surface area contributed by atoms with Crippen LogP contribution in [0.25, 0.3) is 0 Å².